The zero-order valence-electron chi connectivity index (χ0n) is 18.0. The normalized spacial score (nSPS) is 17.4. The van der Waals surface area contributed by atoms with Crippen LogP contribution < -0.4 is 11.1 Å². The molecule has 1 atom stereocenters. The van der Waals surface area contributed by atoms with Gasteiger partial charge in [-0.2, -0.15) is 0 Å². The Kier molecular flexibility index (Phi) is 4.89. The van der Waals surface area contributed by atoms with E-state index >= 15 is 0 Å². The number of nitrogen functional groups attached to an aromatic ring is 1. The van der Waals surface area contributed by atoms with Gasteiger partial charge in [-0.15, -0.1) is 0 Å². The number of hydrogen-bond acceptors (Lipinski definition) is 8. The second-order valence-electron chi connectivity index (χ2n) is 8.09. The van der Waals surface area contributed by atoms with Gasteiger partial charge in [-0.05, 0) is 19.8 Å². The third-order valence-electron chi connectivity index (χ3n) is 5.91. The minimum atomic E-state index is -1.30. The Morgan fingerprint density at radius 1 is 1.27 bits per heavy atom. The molecular weight excluding hydrogens is 444 g/mol. The fraction of sp³-hybridized carbons (Fsp3) is 0.273. The van der Waals surface area contributed by atoms with Crippen molar-refractivity contribution in [2.24, 2.45) is 0 Å². The Balaban J connectivity index is 1.64. The second-order valence-corrected chi connectivity index (χ2v) is 8.50. The molecule has 1 aliphatic rings. The molecule has 1 aliphatic heterocycles. The van der Waals surface area contributed by atoms with Crippen molar-refractivity contribution in [3.8, 4) is 17.3 Å². The van der Waals surface area contributed by atoms with E-state index in [1.54, 1.807) is 19.3 Å². The van der Waals surface area contributed by atoms with Gasteiger partial charge in [-0.3, -0.25) is 9.78 Å². The molecule has 0 spiro atoms. The fourth-order valence-corrected chi connectivity index (χ4v) is 4.19. The summed E-state index contributed by atoms with van der Waals surface area (Å²) in [5, 5.41) is 12.9. The summed E-state index contributed by atoms with van der Waals surface area (Å²) in [7, 11) is 0. The molecule has 168 valence electrons. The highest BCUT2D eigenvalue weighted by atomic mass is 35.5. The molecule has 4 aromatic heterocycles. The molecule has 0 radical (unpaired) electrons. The number of carbonyl (C=O) groups is 1. The van der Waals surface area contributed by atoms with Crippen LogP contribution in [0.1, 0.15) is 43.6 Å². The quantitative estimate of drug-likeness (QED) is 0.408. The third kappa shape index (κ3) is 3.25. The SMILES string of the molecule is CCCCc1nc(-c2nc(N)c3c(n2)NC(=O)[C@]3(C)c2cc(O)c(Cl)cn2)cn2ccnc12. The average Bonchev–Trinajstić information content (AvgIpc) is 3.37. The minimum Gasteiger partial charge on any atom is -0.506 e. The maximum absolute atomic E-state index is 13.0. The molecule has 10 nitrogen and oxygen atoms in total. The number of aromatic hydroxyl groups is 1. The van der Waals surface area contributed by atoms with Gasteiger partial charge in [-0.1, -0.05) is 24.9 Å². The van der Waals surface area contributed by atoms with E-state index in [0.29, 0.717) is 11.3 Å². The number of nitrogens with two attached hydrogens (primary N) is 1. The number of halogens is 1. The summed E-state index contributed by atoms with van der Waals surface area (Å²) < 4.78 is 1.88. The number of unbranched alkanes of at least 4 members (excludes halogenated alkanes) is 1. The summed E-state index contributed by atoms with van der Waals surface area (Å²) in [5.74, 6) is 0.124. The number of nitrogens with zero attached hydrogens (tertiary/aromatic N) is 6. The van der Waals surface area contributed by atoms with Crippen LogP contribution in [-0.4, -0.2) is 40.3 Å². The predicted octanol–water partition coefficient (Wildman–Crippen LogP) is 3.12. The maximum Gasteiger partial charge on any atom is 0.242 e. The van der Waals surface area contributed by atoms with Gasteiger partial charge in [0.2, 0.25) is 5.91 Å². The van der Waals surface area contributed by atoms with E-state index in [1.165, 1.54) is 12.3 Å². The molecule has 5 rings (SSSR count). The molecule has 0 fully saturated rings. The molecule has 11 heteroatoms. The number of fused-ring (bicyclic) bond motifs is 2. The van der Waals surface area contributed by atoms with Crippen molar-refractivity contribution < 1.29 is 9.90 Å². The molecule has 4 aromatic rings. The van der Waals surface area contributed by atoms with Crippen LogP contribution >= 0.6 is 11.6 Å². The van der Waals surface area contributed by atoms with Crippen molar-refractivity contribution in [3.05, 3.63) is 52.8 Å². The topological polar surface area (TPSA) is 144 Å². The van der Waals surface area contributed by atoms with Crippen molar-refractivity contribution >= 4 is 34.8 Å². The van der Waals surface area contributed by atoms with E-state index in [9.17, 15) is 9.90 Å². The molecule has 0 saturated heterocycles. The smallest absolute Gasteiger partial charge is 0.242 e. The van der Waals surface area contributed by atoms with Gasteiger partial charge >= 0.3 is 0 Å². The summed E-state index contributed by atoms with van der Waals surface area (Å²) in [6.45, 7) is 3.77. The Labute approximate surface area is 193 Å². The molecular formula is C22H21ClN8O2. The number of rotatable bonds is 5. The highest BCUT2D eigenvalue weighted by Gasteiger charge is 2.49. The van der Waals surface area contributed by atoms with E-state index < -0.39 is 5.41 Å². The van der Waals surface area contributed by atoms with E-state index in [1.807, 2.05) is 10.6 Å². The minimum absolute atomic E-state index is 0.0837. The molecule has 0 aromatic carbocycles. The van der Waals surface area contributed by atoms with E-state index in [-0.39, 0.29) is 39.8 Å². The van der Waals surface area contributed by atoms with Gasteiger partial charge < -0.3 is 20.6 Å². The number of anilines is 2. The average molecular weight is 465 g/mol. The highest BCUT2D eigenvalue weighted by Crippen LogP contribution is 2.45. The van der Waals surface area contributed by atoms with Gasteiger partial charge in [0.15, 0.2) is 11.5 Å². The van der Waals surface area contributed by atoms with Gasteiger partial charge in [0, 0.05) is 30.9 Å². The second kappa shape index (κ2) is 7.66. The Bertz CT molecular complexity index is 1420. The molecule has 5 heterocycles. The Morgan fingerprint density at radius 2 is 2.09 bits per heavy atom. The predicted molar refractivity (Wildman–Crippen MR) is 123 cm³/mol. The molecule has 33 heavy (non-hydrogen) atoms. The van der Waals surface area contributed by atoms with Gasteiger partial charge in [-0.25, -0.2) is 19.9 Å². The summed E-state index contributed by atoms with van der Waals surface area (Å²) >= 11 is 5.89. The lowest BCUT2D eigenvalue weighted by Gasteiger charge is -2.22. The lowest BCUT2D eigenvalue weighted by atomic mass is 9.80. The molecule has 4 N–H and O–H groups in total. The monoisotopic (exact) mass is 464 g/mol. The van der Waals surface area contributed by atoms with Crippen molar-refractivity contribution in [3.63, 3.8) is 0 Å². The van der Waals surface area contributed by atoms with Crippen LogP contribution in [0.25, 0.3) is 17.2 Å². The first kappa shape index (κ1) is 21.1. The number of nitrogens with one attached hydrogen (secondary N) is 1. The lowest BCUT2D eigenvalue weighted by Crippen LogP contribution is -2.33. The number of aromatic nitrogens is 6. The third-order valence-corrected chi connectivity index (χ3v) is 6.20. The molecule has 0 unspecified atom stereocenters. The van der Waals surface area contributed by atoms with Crippen molar-refractivity contribution in [1.82, 2.24) is 29.3 Å². The highest BCUT2D eigenvalue weighted by molar-refractivity contribution is 6.31. The van der Waals surface area contributed by atoms with Crippen LogP contribution in [0.3, 0.4) is 0 Å². The summed E-state index contributed by atoms with van der Waals surface area (Å²) in [4.78, 5) is 35.5. The molecule has 0 saturated carbocycles. The van der Waals surface area contributed by atoms with Gasteiger partial charge in [0.05, 0.1) is 17.0 Å². The molecule has 1 amide bonds. The summed E-state index contributed by atoms with van der Waals surface area (Å²) in [6, 6.07) is 1.35. The van der Waals surface area contributed by atoms with Crippen molar-refractivity contribution in [2.45, 2.75) is 38.5 Å². The number of hydrogen-bond donors (Lipinski definition) is 3. The summed E-state index contributed by atoms with van der Waals surface area (Å²) in [5.41, 5.74) is 7.88. The first-order valence-electron chi connectivity index (χ1n) is 10.5. The number of aryl methyl sites for hydroxylation is 1. The first-order valence-corrected chi connectivity index (χ1v) is 10.9. The van der Waals surface area contributed by atoms with E-state index in [0.717, 1.165) is 30.6 Å². The number of amides is 1. The Morgan fingerprint density at radius 3 is 2.85 bits per heavy atom. The van der Waals surface area contributed by atoms with Gasteiger partial charge in [0.25, 0.3) is 0 Å². The van der Waals surface area contributed by atoms with E-state index in [2.05, 4.69) is 32.2 Å². The number of pyridine rings is 1. The first-order chi connectivity index (χ1) is 15.8. The lowest BCUT2D eigenvalue weighted by molar-refractivity contribution is -0.119. The molecule has 0 bridgehead atoms. The van der Waals surface area contributed by atoms with Crippen LogP contribution in [0.5, 0.6) is 5.75 Å². The van der Waals surface area contributed by atoms with Crippen LogP contribution in [0.2, 0.25) is 5.02 Å². The zero-order valence-corrected chi connectivity index (χ0v) is 18.8. The standard InChI is InChI=1S/C22H21ClN8O2/c1-3-4-5-12-20-25-6-7-31(20)10-13(27-12)18-28-17(24)16-19(29-18)30-21(33)22(16,2)15-8-14(32)11(23)9-26-15/h6-10H,3-5H2,1-2H3,(H,26,32)(H3,24,28,29,30,33)/t22-/m1/s1. The largest absolute Gasteiger partial charge is 0.506 e. The molecule has 0 aliphatic carbocycles. The number of imidazole rings is 1. The van der Waals surface area contributed by atoms with Crippen LogP contribution in [0, 0.1) is 0 Å². The maximum atomic E-state index is 13.0. The van der Waals surface area contributed by atoms with E-state index in [4.69, 9.17) is 22.3 Å². The van der Waals surface area contributed by atoms with Crippen molar-refractivity contribution in [2.75, 3.05) is 11.1 Å². The zero-order chi connectivity index (χ0) is 23.3. The van der Waals surface area contributed by atoms with Crippen LogP contribution in [0.15, 0.2) is 30.9 Å². The summed E-state index contributed by atoms with van der Waals surface area (Å²) in [6.07, 6.45) is 9.40. The van der Waals surface area contributed by atoms with Crippen LogP contribution in [0.4, 0.5) is 11.6 Å². The fourth-order valence-electron chi connectivity index (χ4n) is 4.08. The van der Waals surface area contributed by atoms with Crippen molar-refractivity contribution in [1.29, 1.82) is 0 Å². The Hall–Kier alpha value is -3.79. The van der Waals surface area contributed by atoms with Gasteiger partial charge in [0.1, 0.15) is 33.5 Å². The van der Waals surface area contributed by atoms with Crippen LogP contribution in [-0.2, 0) is 16.6 Å². The number of carbonyl (C=O) groups excluding carboxylic acids is 1.